The van der Waals surface area contributed by atoms with E-state index in [2.05, 4.69) is 6.07 Å². The Labute approximate surface area is 161 Å². The maximum absolute atomic E-state index is 13.0. The molecule has 0 radical (unpaired) electrons. The van der Waals surface area contributed by atoms with Gasteiger partial charge in [-0.3, -0.25) is 9.36 Å². The lowest BCUT2D eigenvalue weighted by Gasteiger charge is -2.10. The first-order chi connectivity index (χ1) is 13.4. The summed E-state index contributed by atoms with van der Waals surface area (Å²) in [5.41, 5.74) is 1.88. The molecule has 3 nitrogen and oxygen atoms in total. The zero-order chi connectivity index (χ0) is 19.9. The first-order valence-corrected chi connectivity index (χ1v) is 9.03. The number of benzene rings is 3. The predicted octanol–water partition coefficient (Wildman–Crippen LogP) is 5.61. The molecule has 0 spiro atoms. The summed E-state index contributed by atoms with van der Waals surface area (Å²) < 4.78 is 41.0. The molecule has 3 aromatic carbocycles. The van der Waals surface area contributed by atoms with Gasteiger partial charge >= 0.3 is 11.0 Å². The zero-order valence-corrected chi connectivity index (χ0v) is 15.0. The van der Waals surface area contributed by atoms with Gasteiger partial charge in [0.15, 0.2) is 0 Å². The third-order valence-corrected chi connectivity index (χ3v) is 5.27. The summed E-state index contributed by atoms with van der Waals surface area (Å²) in [5.74, 6) is 0. The van der Waals surface area contributed by atoms with E-state index in [0.29, 0.717) is 15.8 Å². The first kappa shape index (κ1) is 18.0. The van der Waals surface area contributed by atoms with E-state index in [1.807, 2.05) is 12.1 Å². The Hall–Kier alpha value is -3.37. The van der Waals surface area contributed by atoms with Crippen molar-refractivity contribution in [2.45, 2.75) is 6.18 Å². The molecular formula is C21H11F3N2OS. The number of hydrogen-bond acceptors (Lipinski definition) is 3. The molecule has 0 amide bonds. The molecule has 0 aliphatic carbocycles. The fourth-order valence-corrected chi connectivity index (χ4v) is 4.02. The minimum absolute atomic E-state index is 0.163. The number of halogens is 3. The van der Waals surface area contributed by atoms with Crippen LogP contribution >= 0.6 is 11.3 Å². The maximum Gasteiger partial charge on any atom is 0.416 e. The molecule has 0 saturated heterocycles. The van der Waals surface area contributed by atoms with Gasteiger partial charge in [0.1, 0.15) is 0 Å². The van der Waals surface area contributed by atoms with E-state index in [-0.39, 0.29) is 10.6 Å². The van der Waals surface area contributed by atoms with Crippen LogP contribution < -0.4 is 4.87 Å². The van der Waals surface area contributed by atoms with Gasteiger partial charge in [-0.05, 0) is 47.5 Å². The Balaban J connectivity index is 1.89. The number of rotatable bonds is 2. The highest BCUT2D eigenvalue weighted by atomic mass is 32.1. The van der Waals surface area contributed by atoms with Crippen molar-refractivity contribution in [3.63, 3.8) is 0 Å². The highest BCUT2D eigenvalue weighted by molar-refractivity contribution is 7.16. The summed E-state index contributed by atoms with van der Waals surface area (Å²) >= 11 is 0.952. The van der Waals surface area contributed by atoms with Crippen molar-refractivity contribution >= 4 is 21.6 Å². The van der Waals surface area contributed by atoms with Gasteiger partial charge in [0.25, 0.3) is 0 Å². The fraction of sp³-hybridized carbons (Fsp3) is 0.0476. The average Bonchev–Trinajstić information content (AvgIpc) is 3.02. The van der Waals surface area contributed by atoms with Crippen LogP contribution in [-0.4, -0.2) is 4.57 Å². The van der Waals surface area contributed by atoms with Crippen LogP contribution in [-0.2, 0) is 6.18 Å². The van der Waals surface area contributed by atoms with Gasteiger partial charge in [-0.25, -0.2) is 0 Å². The molecule has 0 saturated carbocycles. The average molecular weight is 396 g/mol. The van der Waals surface area contributed by atoms with Gasteiger partial charge in [-0.2, -0.15) is 18.4 Å². The summed E-state index contributed by atoms with van der Waals surface area (Å²) in [4.78, 5) is 12.1. The van der Waals surface area contributed by atoms with Crippen LogP contribution in [0.3, 0.4) is 0 Å². The largest absolute Gasteiger partial charge is 0.416 e. The minimum atomic E-state index is -4.49. The summed E-state index contributed by atoms with van der Waals surface area (Å²) in [6.07, 6.45) is -4.49. The molecule has 0 aliphatic rings. The Morgan fingerprint density at radius 3 is 2.50 bits per heavy atom. The van der Waals surface area contributed by atoms with E-state index < -0.39 is 11.7 Å². The van der Waals surface area contributed by atoms with Gasteiger partial charge in [0, 0.05) is 0 Å². The standard InChI is InChI=1S/C21H11F3N2OS/c22-21(23,24)15-5-3-6-16(11-15)26-18-9-8-13(10-19(18)28-20(26)27)17-7-2-1-4-14(17)12-25/h1-11H. The Morgan fingerprint density at radius 2 is 1.75 bits per heavy atom. The molecule has 0 unspecified atom stereocenters. The van der Waals surface area contributed by atoms with Gasteiger partial charge in [0.05, 0.1) is 33.1 Å². The number of nitriles is 1. The number of hydrogen-bond donors (Lipinski definition) is 0. The number of nitrogens with zero attached hydrogens (tertiary/aromatic N) is 2. The summed E-state index contributed by atoms with van der Waals surface area (Å²) in [5, 5.41) is 9.29. The van der Waals surface area contributed by atoms with Crippen molar-refractivity contribution in [1.29, 1.82) is 5.26 Å². The third kappa shape index (κ3) is 3.08. The third-order valence-electron chi connectivity index (χ3n) is 4.37. The van der Waals surface area contributed by atoms with Crippen LogP contribution in [0.5, 0.6) is 0 Å². The first-order valence-electron chi connectivity index (χ1n) is 8.21. The van der Waals surface area contributed by atoms with Crippen molar-refractivity contribution in [2.24, 2.45) is 0 Å². The predicted molar refractivity (Wildman–Crippen MR) is 103 cm³/mol. The molecule has 4 aromatic rings. The second kappa shape index (κ2) is 6.66. The SMILES string of the molecule is N#Cc1ccccc1-c1ccc2c(c1)sc(=O)n2-c1cccc(C(F)(F)F)c1. The van der Waals surface area contributed by atoms with Crippen molar-refractivity contribution in [2.75, 3.05) is 0 Å². The molecule has 4 rings (SSSR count). The van der Waals surface area contributed by atoms with E-state index in [1.54, 1.807) is 30.3 Å². The number of thiazole rings is 1. The molecule has 0 atom stereocenters. The monoisotopic (exact) mass is 396 g/mol. The van der Waals surface area contributed by atoms with E-state index in [0.717, 1.165) is 34.6 Å². The topological polar surface area (TPSA) is 45.8 Å². The lowest BCUT2D eigenvalue weighted by atomic mass is 10.0. The van der Waals surface area contributed by atoms with Crippen LogP contribution in [0.4, 0.5) is 13.2 Å². The van der Waals surface area contributed by atoms with Gasteiger partial charge in [-0.15, -0.1) is 0 Å². The Bertz CT molecular complexity index is 1300. The van der Waals surface area contributed by atoms with Gasteiger partial charge < -0.3 is 0 Å². The Morgan fingerprint density at radius 1 is 0.964 bits per heavy atom. The Kier molecular flexibility index (Phi) is 4.28. The second-order valence-electron chi connectivity index (χ2n) is 6.09. The lowest BCUT2D eigenvalue weighted by molar-refractivity contribution is -0.137. The van der Waals surface area contributed by atoms with Crippen LogP contribution in [0, 0.1) is 11.3 Å². The zero-order valence-electron chi connectivity index (χ0n) is 14.2. The molecule has 7 heteroatoms. The quantitative estimate of drug-likeness (QED) is 0.442. The normalized spacial score (nSPS) is 11.5. The van der Waals surface area contributed by atoms with E-state index in [9.17, 15) is 23.2 Å². The highest BCUT2D eigenvalue weighted by Crippen LogP contribution is 2.32. The van der Waals surface area contributed by atoms with Crippen LogP contribution in [0.15, 0.2) is 71.5 Å². The fourth-order valence-electron chi connectivity index (χ4n) is 3.08. The highest BCUT2D eigenvalue weighted by Gasteiger charge is 2.30. The van der Waals surface area contributed by atoms with E-state index >= 15 is 0 Å². The molecule has 138 valence electrons. The van der Waals surface area contributed by atoms with E-state index in [4.69, 9.17) is 0 Å². The summed E-state index contributed by atoms with van der Waals surface area (Å²) in [7, 11) is 0. The van der Waals surface area contributed by atoms with Gasteiger partial charge in [-0.1, -0.05) is 41.7 Å². The molecule has 1 heterocycles. The van der Waals surface area contributed by atoms with E-state index in [1.165, 1.54) is 16.7 Å². The lowest BCUT2D eigenvalue weighted by Crippen LogP contribution is -2.12. The number of fused-ring (bicyclic) bond motifs is 1. The van der Waals surface area contributed by atoms with Crippen molar-refractivity contribution in [3.05, 3.63) is 87.5 Å². The minimum Gasteiger partial charge on any atom is -0.267 e. The molecule has 0 N–H and O–H groups in total. The molecular weight excluding hydrogens is 385 g/mol. The van der Waals surface area contributed by atoms with Crippen molar-refractivity contribution in [3.8, 4) is 22.9 Å². The van der Waals surface area contributed by atoms with Crippen LogP contribution in [0.1, 0.15) is 11.1 Å². The molecule has 28 heavy (non-hydrogen) atoms. The molecule has 0 aliphatic heterocycles. The summed E-state index contributed by atoms with van der Waals surface area (Å²) in [6.45, 7) is 0. The number of alkyl halides is 3. The summed E-state index contributed by atoms with van der Waals surface area (Å²) in [6, 6.07) is 19.2. The number of aromatic nitrogens is 1. The molecule has 0 bridgehead atoms. The van der Waals surface area contributed by atoms with Crippen molar-refractivity contribution < 1.29 is 13.2 Å². The van der Waals surface area contributed by atoms with Crippen molar-refractivity contribution in [1.82, 2.24) is 4.57 Å². The molecule has 0 fully saturated rings. The smallest absolute Gasteiger partial charge is 0.267 e. The molecule has 1 aromatic heterocycles. The van der Waals surface area contributed by atoms with Crippen LogP contribution in [0.2, 0.25) is 0 Å². The van der Waals surface area contributed by atoms with Gasteiger partial charge in [0.2, 0.25) is 0 Å². The van der Waals surface area contributed by atoms with Crippen LogP contribution in [0.25, 0.3) is 27.0 Å². The maximum atomic E-state index is 13.0. The second-order valence-corrected chi connectivity index (χ2v) is 7.08.